The molecule has 0 spiro atoms. The van der Waals surface area contributed by atoms with Crippen molar-refractivity contribution in [1.29, 1.82) is 0 Å². The first-order valence-corrected chi connectivity index (χ1v) is 9.05. The van der Waals surface area contributed by atoms with Gasteiger partial charge in [-0.1, -0.05) is 30.3 Å². The molecule has 8 nitrogen and oxygen atoms in total. The fourth-order valence-corrected chi connectivity index (χ4v) is 3.46. The van der Waals surface area contributed by atoms with Gasteiger partial charge in [0.05, 0.1) is 5.56 Å². The molecule has 4 rings (SSSR count). The van der Waals surface area contributed by atoms with Gasteiger partial charge in [0.1, 0.15) is 6.54 Å². The Bertz CT molecular complexity index is 1020. The number of nitrogens with zero attached hydrogens (tertiary/aromatic N) is 5. The van der Waals surface area contributed by atoms with Crippen LogP contribution in [0.4, 0.5) is 5.69 Å². The van der Waals surface area contributed by atoms with Gasteiger partial charge in [0.25, 0.3) is 5.91 Å². The molecule has 2 amide bonds. The number of aryl methyl sites for hydroxylation is 1. The monoisotopic (exact) mass is 376 g/mol. The fraction of sp³-hybridized carbons (Fsp3) is 0.250. The fourth-order valence-electron chi connectivity index (χ4n) is 3.46. The minimum absolute atomic E-state index is 0.0223. The zero-order chi connectivity index (χ0) is 19.7. The molecule has 1 aromatic heterocycles. The van der Waals surface area contributed by atoms with Crippen molar-refractivity contribution in [1.82, 2.24) is 25.5 Å². The Hall–Kier alpha value is -3.55. The van der Waals surface area contributed by atoms with E-state index in [1.165, 1.54) is 0 Å². The number of benzene rings is 2. The predicted octanol–water partition coefficient (Wildman–Crippen LogP) is 2.05. The maximum Gasteiger partial charge on any atom is 0.255 e. The number of carbonyl (C=O) groups is 2. The Labute approximate surface area is 162 Å². The number of anilines is 1. The third-order valence-electron chi connectivity index (χ3n) is 4.90. The van der Waals surface area contributed by atoms with Crippen LogP contribution in [0.1, 0.15) is 22.8 Å². The van der Waals surface area contributed by atoms with E-state index in [9.17, 15) is 9.59 Å². The lowest BCUT2D eigenvalue weighted by molar-refractivity contribution is -0.121. The first-order chi connectivity index (χ1) is 13.5. The zero-order valence-corrected chi connectivity index (χ0v) is 15.7. The molecule has 8 heteroatoms. The third-order valence-corrected chi connectivity index (χ3v) is 4.90. The summed E-state index contributed by atoms with van der Waals surface area (Å²) in [4.78, 5) is 29.4. The van der Waals surface area contributed by atoms with Gasteiger partial charge in [0.15, 0.2) is 0 Å². The summed E-state index contributed by atoms with van der Waals surface area (Å²) in [5, 5.41) is 13.9. The molecule has 0 saturated carbocycles. The summed E-state index contributed by atoms with van der Waals surface area (Å²) in [6.07, 6.45) is 0. The van der Waals surface area contributed by atoms with Crippen molar-refractivity contribution in [3.8, 4) is 11.4 Å². The van der Waals surface area contributed by atoms with Crippen molar-refractivity contribution in [2.45, 2.75) is 19.9 Å². The largest absolute Gasteiger partial charge is 0.325 e. The molecule has 0 bridgehead atoms. The highest BCUT2D eigenvalue weighted by atomic mass is 16.2. The van der Waals surface area contributed by atoms with Gasteiger partial charge in [0.2, 0.25) is 11.7 Å². The summed E-state index contributed by atoms with van der Waals surface area (Å²) in [7, 11) is 0. The highest BCUT2D eigenvalue weighted by molar-refractivity contribution is 6.04. The Kier molecular flexibility index (Phi) is 4.60. The van der Waals surface area contributed by atoms with E-state index < -0.39 is 0 Å². The molecule has 0 aliphatic carbocycles. The number of hydrogen-bond donors (Lipinski definition) is 1. The molecule has 1 saturated heterocycles. The molecule has 3 aromatic rings. The lowest BCUT2D eigenvalue weighted by Gasteiger charge is -2.39. The molecular formula is C20H20N6O2. The zero-order valence-electron chi connectivity index (χ0n) is 15.7. The minimum Gasteiger partial charge on any atom is -0.325 e. The number of amides is 2. The molecule has 1 aliphatic heterocycles. The first-order valence-electron chi connectivity index (χ1n) is 9.05. The molecule has 0 radical (unpaired) electrons. The van der Waals surface area contributed by atoms with Gasteiger partial charge in [-0.15, -0.1) is 10.2 Å². The van der Waals surface area contributed by atoms with E-state index >= 15 is 0 Å². The number of aromatic nitrogens is 4. The van der Waals surface area contributed by atoms with E-state index in [2.05, 4.69) is 20.6 Å². The summed E-state index contributed by atoms with van der Waals surface area (Å²) in [6.45, 7) is 4.41. The van der Waals surface area contributed by atoms with E-state index in [0.717, 1.165) is 11.3 Å². The number of tetrazole rings is 1. The smallest absolute Gasteiger partial charge is 0.255 e. The molecule has 1 N–H and O–H groups in total. The van der Waals surface area contributed by atoms with E-state index in [-0.39, 0.29) is 24.4 Å². The number of carbonyl (C=O) groups excluding carboxylic acids is 2. The average molecular weight is 376 g/mol. The van der Waals surface area contributed by atoms with Gasteiger partial charge in [0, 0.05) is 23.8 Å². The van der Waals surface area contributed by atoms with Crippen LogP contribution in [0.2, 0.25) is 0 Å². The van der Waals surface area contributed by atoms with Crippen LogP contribution >= 0.6 is 0 Å². The van der Waals surface area contributed by atoms with E-state index in [1.54, 1.807) is 28.0 Å². The van der Waals surface area contributed by atoms with Crippen LogP contribution in [0.25, 0.3) is 11.4 Å². The van der Waals surface area contributed by atoms with Crippen LogP contribution in [-0.4, -0.2) is 56.5 Å². The Morgan fingerprint density at radius 1 is 1.18 bits per heavy atom. The minimum atomic E-state index is -0.217. The summed E-state index contributed by atoms with van der Waals surface area (Å²) >= 11 is 0. The van der Waals surface area contributed by atoms with Crippen molar-refractivity contribution in [2.24, 2.45) is 0 Å². The summed E-state index contributed by atoms with van der Waals surface area (Å²) < 4.78 is 0. The number of piperazine rings is 1. The lowest BCUT2D eigenvalue weighted by Crippen LogP contribution is -2.57. The summed E-state index contributed by atoms with van der Waals surface area (Å²) in [5.74, 6) is 0.0283. The van der Waals surface area contributed by atoms with Gasteiger partial charge in [-0.05, 0) is 42.8 Å². The van der Waals surface area contributed by atoms with Crippen molar-refractivity contribution in [3.63, 3.8) is 0 Å². The second-order valence-electron chi connectivity index (χ2n) is 6.91. The molecule has 2 heterocycles. The number of rotatable bonds is 3. The molecule has 0 unspecified atom stereocenters. The Balaban J connectivity index is 1.60. The molecule has 1 atom stereocenters. The summed E-state index contributed by atoms with van der Waals surface area (Å²) in [6, 6.07) is 14.8. The number of nitrogens with one attached hydrogen (secondary N) is 1. The van der Waals surface area contributed by atoms with Gasteiger partial charge < -0.3 is 9.80 Å². The van der Waals surface area contributed by atoms with Crippen molar-refractivity contribution in [3.05, 3.63) is 59.7 Å². The maximum atomic E-state index is 13.2. The average Bonchev–Trinajstić information content (AvgIpc) is 3.23. The van der Waals surface area contributed by atoms with Crippen LogP contribution in [0.5, 0.6) is 0 Å². The van der Waals surface area contributed by atoms with Crippen LogP contribution in [0.3, 0.4) is 0 Å². The quantitative estimate of drug-likeness (QED) is 0.755. The van der Waals surface area contributed by atoms with Crippen LogP contribution in [-0.2, 0) is 4.79 Å². The van der Waals surface area contributed by atoms with Crippen LogP contribution in [0, 0.1) is 6.92 Å². The SMILES string of the molecule is Cc1cccc(N2C[C@@H](C)N(C(=O)c3ccccc3-c3nn[nH]n3)CC2=O)c1. The van der Waals surface area contributed by atoms with Gasteiger partial charge in [-0.25, -0.2) is 0 Å². The highest BCUT2D eigenvalue weighted by Gasteiger charge is 2.34. The molecule has 1 fully saturated rings. The van der Waals surface area contributed by atoms with Gasteiger partial charge in [-0.2, -0.15) is 5.21 Å². The molecule has 142 valence electrons. The van der Waals surface area contributed by atoms with Crippen LogP contribution in [0.15, 0.2) is 48.5 Å². The van der Waals surface area contributed by atoms with E-state index in [0.29, 0.717) is 23.5 Å². The molecule has 1 aliphatic rings. The Morgan fingerprint density at radius 3 is 2.75 bits per heavy atom. The van der Waals surface area contributed by atoms with Crippen molar-refractivity contribution in [2.75, 3.05) is 18.0 Å². The second kappa shape index (κ2) is 7.22. The number of aromatic amines is 1. The third kappa shape index (κ3) is 3.24. The first kappa shape index (κ1) is 17.8. The normalized spacial score (nSPS) is 17.1. The maximum absolute atomic E-state index is 13.2. The standard InChI is InChI=1S/C20H20N6O2/c1-13-6-5-7-15(10-13)26-11-14(2)25(12-18(26)27)20(28)17-9-4-3-8-16(17)19-21-23-24-22-19/h3-10,14H,11-12H2,1-2H3,(H,21,22,23,24)/t14-/m1/s1. The van der Waals surface area contributed by atoms with Gasteiger partial charge in [-0.3, -0.25) is 9.59 Å². The van der Waals surface area contributed by atoms with Crippen molar-refractivity contribution >= 4 is 17.5 Å². The van der Waals surface area contributed by atoms with Crippen molar-refractivity contribution < 1.29 is 9.59 Å². The number of H-pyrrole nitrogens is 1. The highest BCUT2D eigenvalue weighted by Crippen LogP contribution is 2.25. The molecular weight excluding hydrogens is 356 g/mol. The summed E-state index contributed by atoms with van der Waals surface area (Å²) in [5.41, 5.74) is 2.98. The Morgan fingerprint density at radius 2 is 2.00 bits per heavy atom. The second-order valence-corrected chi connectivity index (χ2v) is 6.91. The lowest BCUT2D eigenvalue weighted by atomic mass is 10.0. The van der Waals surface area contributed by atoms with E-state index in [1.807, 2.05) is 44.2 Å². The predicted molar refractivity (Wildman–Crippen MR) is 104 cm³/mol. The van der Waals surface area contributed by atoms with Gasteiger partial charge >= 0.3 is 0 Å². The molecule has 28 heavy (non-hydrogen) atoms. The van der Waals surface area contributed by atoms with Crippen LogP contribution < -0.4 is 4.90 Å². The topological polar surface area (TPSA) is 95.1 Å². The number of hydrogen-bond acceptors (Lipinski definition) is 5. The molecule has 2 aromatic carbocycles. The van der Waals surface area contributed by atoms with E-state index in [4.69, 9.17) is 0 Å².